The Balaban J connectivity index is 2.48. The van der Waals surface area contributed by atoms with E-state index < -0.39 is 5.97 Å². The molecule has 1 rings (SSSR count). The van der Waals surface area contributed by atoms with Gasteiger partial charge in [-0.2, -0.15) is 0 Å². The molecule has 0 heterocycles. The second-order valence-corrected chi connectivity index (χ2v) is 7.71. The molecule has 0 radical (unpaired) electrons. The Morgan fingerprint density at radius 3 is 2.24 bits per heavy atom. The van der Waals surface area contributed by atoms with Gasteiger partial charge in [0.15, 0.2) is 0 Å². The van der Waals surface area contributed by atoms with Crippen molar-refractivity contribution in [2.75, 3.05) is 6.54 Å². The Hall–Kier alpha value is -1.26. The second-order valence-electron chi connectivity index (χ2n) is 7.71. The highest BCUT2D eigenvalue weighted by molar-refractivity contribution is 5.75. The molecule has 0 aromatic heterocycles. The molecule has 1 aliphatic rings. The van der Waals surface area contributed by atoms with Crippen molar-refractivity contribution in [3.63, 3.8) is 0 Å². The number of amides is 2. The van der Waals surface area contributed by atoms with E-state index in [1.54, 1.807) is 0 Å². The fraction of sp³-hybridized carbons (Fsp3) is 0.875. The predicted molar refractivity (Wildman–Crippen MR) is 83.2 cm³/mol. The molecule has 1 saturated carbocycles. The minimum atomic E-state index is -0.894. The SMILES string of the molecule is CC1(CNC(=O)NC(CC(=O)O)C(C)(C)C)CCCCC1. The molecule has 5 heteroatoms. The van der Waals surface area contributed by atoms with Gasteiger partial charge in [0.25, 0.3) is 0 Å². The average molecular weight is 298 g/mol. The van der Waals surface area contributed by atoms with Gasteiger partial charge in [-0.1, -0.05) is 47.0 Å². The minimum Gasteiger partial charge on any atom is -0.481 e. The summed E-state index contributed by atoms with van der Waals surface area (Å²) < 4.78 is 0. The van der Waals surface area contributed by atoms with Crippen LogP contribution in [0.5, 0.6) is 0 Å². The molecule has 0 bridgehead atoms. The zero-order valence-electron chi connectivity index (χ0n) is 13.8. The van der Waals surface area contributed by atoms with E-state index in [4.69, 9.17) is 5.11 Å². The van der Waals surface area contributed by atoms with Crippen LogP contribution in [-0.2, 0) is 4.79 Å². The zero-order valence-corrected chi connectivity index (χ0v) is 13.8. The Kier molecular flexibility index (Phi) is 6.05. The Morgan fingerprint density at radius 1 is 1.19 bits per heavy atom. The highest BCUT2D eigenvalue weighted by Crippen LogP contribution is 2.34. The van der Waals surface area contributed by atoms with Gasteiger partial charge in [-0.3, -0.25) is 4.79 Å². The van der Waals surface area contributed by atoms with E-state index in [0.29, 0.717) is 6.54 Å². The van der Waals surface area contributed by atoms with Crippen molar-refractivity contribution in [2.24, 2.45) is 10.8 Å². The second kappa shape index (κ2) is 7.14. The molecule has 5 nitrogen and oxygen atoms in total. The summed E-state index contributed by atoms with van der Waals surface area (Å²) in [7, 11) is 0. The summed E-state index contributed by atoms with van der Waals surface area (Å²) in [6.07, 6.45) is 5.96. The van der Waals surface area contributed by atoms with Crippen LogP contribution in [0, 0.1) is 10.8 Å². The summed E-state index contributed by atoms with van der Waals surface area (Å²) >= 11 is 0. The molecule has 1 fully saturated rings. The molecule has 2 amide bonds. The van der Waals surface area contributed by atoms with Crippen molar-refractivity contribution in [3.05, 3.63) is 0 Å². The van der Waals surface area contributed by atoms with Crippen molar-refractivity contribution in [2.45, 2.75) is 72.3 Å². The summed E-state index contributed by atoms with van der Waals surface area (Å²) in [6, 6.07) is -0.642. The fourth-order valence-electron chi connectivity index (χ4n) is 2.83. The molecule has 1 atom stereocenters. The van der Waals surface area contributed by atoms with E-state index in [-0.39, 0.29) is 29.3 Å². The van der Waals surface area contributed by atoms with E-state index in [2.05, 4.69) is 17.6 Å². The lowest BCUT2D eigenvalue weighted by atomic mass is 9.76. The Bertz CT molecular complexity index is 368. The highest BCUT2D eigenvalue weighted by atomic mass is 16.4. The first-order valence-electron chi connectivity index (χ1n) is 7.89. The van der Waals surface area contributed by atoms with Gasteiger partial charge in [-0.25, -0.2) is 4.79 Å². The van der Waals surface area contributed by atoms with E-state index in [0.717, 1.165) is 12.8 Å². The van der Waals surface area contributed by atoms with Crippen molar-refractivity contribution in [3.8, 4) is 0 Å². The minimum absolute atomic E-state index is 0.0613. The van der Waals surface area contributed by atoms with Crippen molar-refractivity contribution in [1.29, 1.82) is 0 Å². The van der Waals surface area contributed by atoms with Crippen LogP contribution < -0.4 is 10.6 Å². The third-order valence-corrected chi connectivity index (χ3v) is 4.47. The fourth-order valence-corrected chi connectivity index (χ4v) is 2.83. The van der Waals surface area contributed by atoms with Gasteiger partial charge in [0.2, 0.25) is 0 Å². The lowest BCUT2D eigenvalue weighted by Crippen LogP contribution is -2.50. The third kappa shape index (κ3) is 6.36. The lowest BCUT2D eigenvalue weighted by Gasteiger charge is -2.35. The topological polar surface area (TPSA) is 78.4 Å². The average Bonchev–Trinajstić information content (AvgIpc) is 2.35. The molecule has 0 saturated heterocycles. The summed E-state index contributed by atoms with van der Waals surface area (Å²) in [6.45, 7) is 8.67. The van der Waals surface area contributed by atoms with Gasteiger partial charge in [-0.05, 0) is 23.7 Å². The number of hydrogen-bond acceptors (Lipinski definition) is 2. The number of carbonyl (C=O) groups is 2. The van der Waals surface area contributed by atoms with Crippen molar-refractivity contribution >= 4 is 12.0 Å². The van der Waals surface area contributed by atoms with Crippen LogP contribution in [0.3, 0.4) is 0 Å². The molecule has 21 heavy (non-hydrogen) atoms. The van der Waals surface area contributed by atoms with Crippen LogP contribution >= 0.6 is 0 Å². The number of carboxylic acids is 1. The van der Waals surface area contributed by atoms with Gasteiger partial charge in [0.1, 0.15) is 0 Å². The van der Waals surface area contributed by atoms with E-state index >= 15 is 0 Å². The number of urea groups is 1. The molecule has 0 aromatic rings. The quantitative estimate of drug-likeness (QED) is 0.729. The number of aliphatic carboxylic acids is 1. The van der Waals surface area contributed by atoms with Gasteiger partial charge in [0, 0.05) is 12.6 Å². The number of carbonyl (C=O) groups excluding carboxylic acids is 1. The Labute approximate surface area is 127 Å². The van der Waals surface area contributed by atoms with Crippen LogP contribution in [0.4, 0.5) is 4.79 Å². The molecular formula is C16H30N2O3. The van der Waals surface area contributed by atoms with Gasteiger partial charge < -0.3 is 15.7 Å². The van der Waals surface area contributed by atoms with E-state index in [1.165, 1.54) is 19.3 Å². The molecule has 0 spiro atoms. The molecule has 0 aliphatic heterocycles. The van der Waals surface area contributed by atoms with Crippen LogP contribution in [0.25, 0.3) is 0 Å². The smallest absolute Gasteiger partial charge is 0.315 e. The van der Waals surface area contributed by atoms with Gasteiger partial charge in [0.05, 0.1) is 6.42 Å². The van der Waals surface area contributed by atoms with Crippen molar-refractivity contribution < 1.29 is 14.7 Å². The van der Waals surface area contributed by atoms with Crippen LogP contribution in [0.1, 0.15) is 66.2 Å². The first kappa shape index (κ1) is 17.8. The molecular weight excluding hydrogens is 268 g/mol. The summed E-state index contributed by atoms with van der Waals surface area (Å²) in [4.78, 5) is 23.0. The van der Waals surface area contributed by atoms with Crippen LogP contribution in [0.2, 0.25) is 0 Å². The van der Waals surface area contributed by atoms with Gasteiger partial charge in [-0.15, -0.1) is 0 Å². The maximum Gasteiger partial charge on any atom is 0.315 e. The van der Waals surface area contributed by atoms with E-state index in [9.17, 15) is 9.59 Å². The highest BCUT2D eigenvalue weighted by Gasteiger charge is 2.30. The van der Waals surface area contributed by atoms with Crippen LogP contribution in [-0.4, -0.2) is 29.7 Å². The summed E-state index contributed by atoms with van der Waals surface area (Å²) in [5, 5.41) is 14.7. The first-order chi connectivity index (χ1) is 9.62. The molecule has 1 aliphatic carbocycles. The van der Waals surface area contributed by atoms with Crippen LogP contribution in [0.15, 0.2) is 0 Å². The Morgan fingerprint density at radius 2 is 1.76 bits per heavy atom. The van der Waals surface area contributed by atoms with Gasteiger partial charge >= 0.3 is 12.0 Å². The number of hydrogen-bond donors (Lipinski definition) is 3. The standard InChI is InChI=1S/C16H30N2O3/c1-15(2,3)12(10-13(19)20)18-14(21)17-11-16(4)8-6-5-7-9-16/h12H,5-11H2,1-4H3,(H,19,20)(H2,17,18,21). The molecule has 122 valence electrons. The monoisotopic (exact) mass is 298 g/mol. The zero-order chi connectivity index (χ0) is 16.1. The molecule has 0 aromatic carbocycles. The first-order valence-corrected chi connectivity index (χ1v) is 7.89. The molecule has 1 unspecified atom stereocenters. The number of rotatable bonds is 5. The van der Waals surface area contributed by atoms with E-state index in [1.807, 2.05) is 20.8 Å². The predicted octanol–water partition coefficient (Wildman–Crippen LogP) is 3.15. The molecule has 3 N–H and O–H groups in total. The normalized spacial score (nSPS) is 19.6. The largest absolute Gasteiger partial charge is 0.481 e. The maximum atomic E-state index is 12.1. The summed E-state index contributed by atoms with van der Waals surface area (Å²) in [5.74, 6) is -0.894. The number of carboxylic acid groups (broad SMARTS) is 1. The van der Waals surface area contributed by atoms with Crippen molar-refractivity contribution in [1.82, 2.24) is 10.6 Å². The third-order valence-electron chi connectivity index (χ3n) is 4.47. The lowest BCUT2D eigenvalue weighted by molar-refractivity contribution is -0.138. The summed E-state index contributed by atoms with van der Waals surface area (Å²) in [5.41, 5.74) is -0.107. The maximum absolute atomic E-state index is 12.1. The number of nitrogens with one attached hydrogen (secondary N) is 2.